The van der Waals surface area contributed by atoms with Gasteiger partial charge in [0.25, 0.3) is 0 Å². The minimum atomic E-state index is 0. The Labute approximate surface area is 84.2 Å². The maximum atomic E-state index is 0. The third-order valence-corrected chi connectivity index (χ3v) is 0. The first kappa shape index (κ1) is 619. The van der Waals surface area contributed by atoms with E-state index in [0.29, 0.717) is 0 Å². The van der Waals surface area contributed by atoms with Crippen LogP contribution in [0.15, 0.2) is 0 Å². The average Bonchev–Trinajstić information content (AvgIpc) is 0. The molecule has 9 heavy (non-hydrogen) atoms. The van der Waals surface area contributed by atoms with Gasteiger partial charge in [0.1, 0.15) is 0 Å². The molecule has 14 N–H and O–H groups in total. The summed E-state index contributed by atoms with van der Waals surface area (Å²) in [5, 5.41) is 0. The molecular formula is H14Cl3CoN4O. The molecule has 0 aromatic carbocycles. The SMILES string of the molecule is N.N.N.N.O.[Cl-].[Cl-].[Cl-].[Co+3]. The zero-order chi connectivity index (χ0) is 0. The summed E-state index contributed by atoms with van der Waals surface area (Å²) in [6.45, 7) is 0. The molecule has 0 amide bonds. The third-order valence-electron chi connectivity index (χ3n) is 0. The molecule has 70 valence electrons. The normalized spacial score (nSPS) is 0. The number of halogens is 3. The predicted octanol–water partition coefficient (Wildman–Crippen LogP) is -9.17. The van der Waals surface area contributed by atoms with Crippen molar-refractivity contribution in [3.8, 4) is 0 Å². The van der Waals surface area contributed by atoms with Gasteiger partial charge in [0.05, 0.1) is 0 Å². The van der Waals surface area contributed by atoms with Crippen molar-refractivity contribution in [1.82, 2.24) is 24.6 Å². The molecule has 0 fully saturated rings. The van der Waals surface area contributed by atoms with Gasteiger partial charge in [-0.2, -0.15) is 0 Å². The van der Waals surface area contributed by atoms with Gasteiger partial charge in [-0.25, -0.2) is 0 Å². The summed E-state index contributed by atoms with van der Waals surface area (Å²) in [5.74, 6) is 0. The molecule has 0 aliphatic heterocycles. The average molecular weight is 251 g/mol. The molecule has 0 aromatic rings. The van der Waals surface area contributed by atoms with Gasteiger partial charge >= 0.3 is 16.8 Å². The topological polar surface area (TPSA) is 172 Å². The summed E-state index contributed by atoms with van der Waals surface area (Å²) in [6.07, 6.45) is 0. The van der Waals surface area contributed by atoms with Crippen LogP contribution < -0.4 is 61.8 Å². The summed E-state index contributed by atoms with van der Waals surface area (Å²) >= 11 is 0. The molecule has 0 saturated heterocycles. The molecule has 0 aromatic heterocycles. The van der Waals surface area contributed by atoms with E-state index < -0.39 is 0 Å². The Kier molecular flexibility index (Phi) is 30500. The summed E-state index contributed by atoms with van der Waals surface area (Å²) in [7, 11) is 0. The summed E-state index contributed by atoms with van der Waals surface area (Å²) < 4.78 is 0. The van der Waals surface area contributed by atoms with E-state index in [1.165, 1.54) is 0 Å². The van der Waals surface area contributed by atoms with Gasteiger partial charge in [0.2, 0.25) is 0 Å². The van der Waals surface area contributed by atoms with Gasteiger partial charge in [-0.15, -0.1) is 0 Å². The number of hydrogen-bond acceptors (Lipinski definition) is 4. The molecule has 0 rings (SSSR count). The van der Waals surface area contributed by atoms with E-state index in [1.54, 1.807) is 0 Å². The Balaban J connectivity index is 0. The van der Waals surface area contributed by atoms with Crippen LogP contribution in [0.2, 0.25) is 0 Å². The second-order valence-electron chi connectivity index (χ2n) is 0. The fourth-order valence-electron chi connectivity index (χ4n) is 0. The predicted molar refractivity (Wildman–Crippen MR) is 23.7 cm³/mol. The molecule has 0 spiro atoms. The van der Waals surface area contributed by atoms with Gasteiger partial charge in [0.15, 0.2) is 0 Å². The van der Waals surface area contributed by atoms with Gasteiger partial charge in [-0.1, -0.05) is 0 Å². The Morgan fingerprint density at radius 2 is 0.444 bits per heavy atom. The van der Waals surface area contributed by atoms with Crippen LogP contribution in [0.3, 0.4) is 0 Å². The second kappa shape index (κ2) is 443. The van der Waals surface area contributed by atoms with E-state index in [2.05, 4.69) is 0 Å². The maximum Gasteiger partial charge on any atom is 3.00 e. The van der Waals surface area contributed by atoms with Crippen LogP contribution in [-0.2, 0) is 16.8 Å². The van der Waals surface area contributed by atoms with Gasteiger partial charge in [-0.3, -0.25) is 0 Å². The maximum absolute atomic E-state index is 0. The zero-order valence-electron chi connectivity index (χ0n) is 4.80. The zero-order valence-corrected chi connectivity index (χ0v) is 8.10. The van der Waals surface area contributed by atoms with Crippen molar-refractivity contribution in [2.24, 2.45) is 0 Å². The van der Waals surface area contributed by atoms with Crippen LogP contribution in [0.4, 0.5) is 0 Å². The van der Waals surface area contributed by atoms with Crippen LogP contribution in [0.25, 0.3) is 0 Å². The molecule has 0 radical (unpaired) electrons. The molecule has 9 heteroatoms. The monoisotopic (exact) mass is 250 g/mol. The summed E-state index contributed by atoms with van der Waals surface area (Å²) in [5.41, 5.74) is 0. The van der Waals surface area contributed by atoms with Crippen LogP contribution in [-0.4, -0.2) is 5.48 Å². The fraction of sp³-hybridized carbons (Fsp3) is 0. The summed E-state index contributed by atoms with van der Waals surface area (Å²) in [4.78, 5) is 0. The van der Waals surface area contributed by atoms with Crippen LogP contribution in [0.1, 0.15) is 0 Å². The van der Waals surface area contributed by atoms with Crippen molar-refractivity contribution in [3.05, 3.63) is 0 Å². The molecule has 0 heterocycles. The van der Waals surface area contributed by atoms with Gasteiger partial charge < -0.3 is 67.3 Å². The molecule has 5 nitrogen and oxygen atoms in total. The van der Waals surface area contributed by atoms with Gasteiger partial charge in [-0.05, 0) is 0 Å². The van der Waals surface area contributed by atoms with Crippen LogP contribution in [0, 0.1) is 0 Å². The Hall–Kier alpha value is 1.18. The molecule has 0 aliphatic carbocycles. The first-order valence-electron chi connectivity index (χ1n) is 0. The first-order valence-corrected chi connectivity index (χ1v) is 0. The molecule has 0 saturated carbocycles. The quantitative estimate of drug-likeness (QED) is 0.335. The smallest absolute Gasteiger partial charge is 1.00 e. The molecule has 0 unspecified atom stereocenters. The standard InChI is InChI=1S/3ClH.Co.4H3N.H2O/h3*1H;;4*1H3;1H2/q;;;+3;;;;;/p-3. The number of hydrogen-bond donors (Lipinski definition) is 4. The molecular weight excluding hydrogens is 237 g/mol. The Bertz CT molecular complexity index is 15.8. The molecule has 0 atom stereocenters. The van der Waals surface area contributed by atoms with E-state index in [-0.39, 0.29) is 84.1 Å². The van der Waals surface area contributed by atoms with Crippen molar-refractivity contribution in [2.45, 2.75) is 0 Å². The van der Waals surface area contributed by atoms with Crippen molar-refractivity contribution in [3.63, 3.8) is 0 Å². The molecule has 0 bridgehead atoms. The minimum absolute atomic E-state index is 0. The fourth-order valence-corrected chi connectivity index (χ4v) is 0. The van der Waals surface area contributed by atoms with Crippen LogP contribution >= 0.6 is 0 Å². The van der Waals surface area contributed by atoms with E-state index in [9.17, 15) is 0 Å². The summed E-state index contributed by atoms with van der Waals surface area (Å²) in [6, 6.07) is 0. The Morgan fingerprint density at radius 3 is 0.444 bits per heavy atom. The van der Waals surface area contributed by atoms with E-state index in [1.807, 2.05) is 0 Å². The van der Waals surface area contributed by atoms with Crippen molar-refractivity contribution in [2.75, 3.05) is 0 Å². The van der Waals surface area contributed by atoms with Crippen molar-refractivity contribution >= 4 is 0 Å². The minimum Gasteiger partial charge on any atom is -1.00 e. The van der Waals surface area contributed by atoms with Crippen LogP contribution in [0.5, 0.6) is 0 Å². The third kappa shape index (κ3) is 341. The molecule has 0 aliphatic rings. The van der Waals surface area contributed by atoms with Crippen molar-refractivity contribution < 1.29 is 59.5 Å². The second-order valence-corrected chi connectivity index (χ2v) is 0. The van der Waals surface area contributed by atoms with Crippen molar-refractivity contribution in [1.29, 1.82) is 0 Å². The number of rotatable bonds is 0. The van der Waals surface area contributed by atoms with Gasteiger partial charge in [0, 0.05) is 0 Å². The largest absolute Gasteiger partial charge is 3.00 e. The van der Waals surface area contributed by atoms with E-state index in [4.69, 9.17) is 0 Å². The first-order chi connectivity index (χ1) is 0. The Morgan fingerprint density at radius 1 is 0.444 bits per heavy atom. The van der Waals surface area contributed by atoms with E-state index in [0.717, 1.165) is 0 Å². The van der Waals surface area contributed by atoms with E-state index >= 15 is 0 Å².